The molecule has 1 saturated heterocycles. The Morgan fingerprint density at radius 2 is 1.68 bits per heavy atom. The van der Waals surface area contributed by atoms with Gasteiger partial charge in [-0.2, -0.15) is 4.98 Å². The molecule has 1 aliphatic rings. The van der Waals surface area contributed by atoms with E-state index in [-0.39, 0.29) is 31.2 Å². The Morgan fingerprint density at radius 3 is 2.40 bits per heavy atom. The van der Waals surface area contributed by atoms with Crippen LogP contribution in [-0.4, -0.2) is 153 Å². The number of carbonyl (C=O) groups excluding carboxylic acids is 2. The standard InChI is InChI=1S/C40H65N11O6/c1-4-5-6-12-44-39-38-35(45-40(42)46-39)11-13-50(38)29-33-10-9-32(27-36(33)54-3)28-49-16-14-48(15-17-49)18-21-55-23-25-57-26-24-56-22-19-51(43)31-34(41)30-47(2)37(53)8-7-20-52/h9-11,13,20,27,31H,4-8,12,14-19,21-26,28-30,41,43H2,1-3H3,(H3,42,44,45,46)/b34-31-. The highest BCUT2D eigenvalue weighted by atomic mass is 16.5. The van der Waals surface area contributed by atoms with Crippen molar-refractivity contribution in [1.82, 2.24) is 34.2 Å². The van der Waals surface area contributed by atoms with Gasteiger partial charge in [-0.1, -0.05) is 31.9 Å². The molecule has 17 nitrogen and oxygen atoms in total. The maximum absolute atomic E-state index is 11.9. The van der Waals surface area contributed by atoms with E-state index in [4.69, 9.17) is 36.3 Å². The van der Waals surface area contributed by atoms with Crippen molar-refractivity contribution in [2.45, 2.75) is 52.1 Å². The number of hydrogen-bond donors (Lipinski definition) is 4. The van der Waals surface area contributed by atoms with Gasteiger partial charge in [0, 0.05) is 89.4 Å². The van der Waals surface area contributed by atoms with Crippen LogP contribution in [0.3, 0.4) is 0 Å². The van der Waals surface area contributed by atoms with Crippen LogP contribution in [0.25, 0.3) is 11.0 Å². The van der Waals surface area contributed by atoms with Crippen molar-refractivity contribution in [2.75, 3.05) is 117 Å². The topological polar surface area (TPSA) is 205 Å². The number of piperazine rings is 1. The number of hydrogen-bond acceptors (Lipinski definition) is 15. The van der Waals surface area contributed by atoms with Crippen LogP contribution >= 0.6 is 0 Å². The number of methoxy groups -OCH3 is 1. The number of ether oxygens (including phenoxy) is 4. The minimum absolute atomic E-state index is 0.148. The zero-order valence-electron chi connectivity index (χ0n) is 34.2. The van der Waals surface area contributed by atoms with Gasteiger partial charge in [0.25, 0.3) is 0 Å². The largest absolute Gasteiger partial charge is 0.496 e. The zero-order valence-corrected chi connectivity index (χ0v) is 34.2. The fourth-order valence-electron chi connectivity index (χ4n) is 6.55. The Hall–Kier alpha value is -4.52. The fourth-order valence-corrected chi connectivity index (χ4v) is 6.55. The molecule has 0 spiro atoms. The third-order valence-corrected chi connectivity index (χ3v) is 9.71. The van der Waals surface area contributed by atoms with Crippen molar-refractivity contribution in [2.24, 2.45) is 11.6 Å². The van der Waals surface area contributed by atoms with Crippen LogP contribution in [0.2, 0.25) is 0 Å². The Bertz CT molecular complexity index is 1680. The zero-order chi connectivity index (χ0) is 40.8. The molecule has 57 heavy (non-hydrogen) atoms. The molecule has 1 fully saturated rings. The van der Waals surface area contributed by atoms with Gasteiger partial charge < -0.3 is 55.0 Å². The Labute approximate surface area is 337 Å². The predicted molar refractivity (Wildman–Crippen MR) is 222 cm³/mol. The van der Waals surface area contributed by atoms with Crippen LogP contribution in [0.1, 0.15) is 50.2 Å². The summed E-state index contributed by atoms with van der Waals surface area (Å²) >= 11 is 0. The highest BCUT2D eigenvalue weighted by molar-refractivity contribution is 5.87. The number of aromatic nitrogens is 3. The van der Waals surface area contributed by atoms with Gasteiger partial charge in [-0.3, -0.25) is 14.6 Å². The number of aldehydes is 1. The Balaban J connectivity index is 1.06. The van der Waals surface area contributed by atoms with Gasteiger partial charge in [0.2, 0.25) is 11.9 Å². The van der Waals surface area contributed by atoms with E-state index in [0.29, 0.717) is 58.4 Å². The SMILES string of the molecule is CCCCCNc1nc(N)nc2ccn(Cc3ccc(CN4CCN(CCOCCOCCOCCN(N)/C=C(\N)CN(C)C(=O)CCC=O)CC4)cc3OC)c12. The molecule has 0 aliphatic carbocycles. The van der Waals surface area contributed by atoms with E-state index >= 15 is 0 Å². The minimum atomic E-state index is -0.148. The van der Waals surface area contributed by atoms with Crippen molar-refractivity contribution in [3.05, 3.63) is 53.5 Å². The van der Waals surface area contributed by atoms with Crippen LogP contribution in [0.4, 0.5) is 11.8 Å². The summed E-state index contributed by atoms with van der Waals surface area (Å²) in [6.07, 6.45) is 8.09. The fraction of sp³-hybridized carbons (Fsp3) is 0.600. The number of nitrogens with two attached hydrogens (primary N) is 3. The predicted octanol–water partition coefficient (Wildman–Crippen LogP) is 2.25. The Morgan fingerprint density at radius 1 is 0.965 bits per heavy atom. The second kappa shape index (κ2) is 25.0. The highest BCUT2D eigenvalue weighted by Gasteiger charge is 2.18. The lowest BCUT2D eigenvalue weighted by Gasteiger charge is -2.34. The lowest BCUT2D eigenvalue weighted by molar-refractivity contribution is -0.130. The number of unbranched alkanes of at least 4 members (excludes halogenated alkanes) is 2. The summed E-state index contributed by atoms with van der Waals surface area (Å²) in [5.74, 6) is 7.71. The highest BCUT2D eigenvalue weighted by Crippen LogP contribution is 2.27. The molecule has 0 unspecified atom stereocenters. The van der Waals surface area contributed by atoms with Gasteiger partial charge in [-0.05, 0) is 24.1 Å². The van der Waals surface area contributed by atoms with E-state index in [9.17, 15) is 9.59 Å². The minimum Gasteiger partial charge on any atom is -0.496 e. The number of nitrogen functional groups attached to an aromatic ring is 1. The summed E-state index contributed by atoms with van der Waals surface area (Å²) in [6.45, 7) is 13.1. The Kier molecular flexibility index (Phi) is 19.8. The van der Waals surface area contributed by atoms with E-state index in [1.54, 1.807) is 20.4 Å². The normalized spacial score (nSPS) is 13.9. The third kappa shape index (κ3) is 15.7. The van der Waals surface area contributed by atoms with Crippen molar-refractivity contribution < 1.29 is 28.5 Å². The number of nitrogens with zero attached hydrogens (tertiary/aromatic N) is 7. The van der Waals surface area contributed by atoms with Crippen LogP contribution in [0.15, 0.2) is 42.4 Å². The smallest absolute Gasteiger partial charge is 0.223 e. The number of likely N-dealkylation sites (N-methyl/N-ethyl adjacent to an activating group) is 1. The molecule has 316 valence electrons. The van der Waals surface area contributed by atoms with Crippen molar-refractivity contribution in [1.29, 1.82) is 0 Å². The van der Waals surface area contributed by atoms with E-state index in [0.717, 1.165) is 99.5 Å². The molecule has 0 saturated carbocycles. The molecular formula is C40H65N11O6. The molecule has 0 atom stereocenters. The number of hydrazine groups is 1. The van der Waals surface area contributed by atoms with Crippen LogP contribution in [-0.2, 0) is 36.9 Å². The number of amides is 1. The molecule has 7 N–H and O–H groups in total. The average Bonchev–Trinajstić information content (AvgIpc) is 3.60. The van der Waals surface area contributed by atoms with Gasteiger partial charge in [0.15, 0.2) is 5.82 Å². The molecule has 3 heterocycles. The summed E-state index contributed by atoms with van der Waals surface area (Å²) in [7, 11) is 3.37. The average molecular weight is 796 g/mol. The molecule has 1 aliphatic heterocycles. The molecule has 0 radical (unpaired) electrons. The summed E-state index contributed by atoms with van der Waals surface area (Å²) < 4.78 is 25.1. The van der Waals surface area contributed by atoms with Gasteiger partial charge in [0.1, 0.15) is 17.6 Å². The van der Waals surface area contributed by atoms with Gasteiger partial charge in [-0.25, -0.2) is 10.8 Å². The number of carbonyl (C=O) groups is 2. The van der Waals surface area contributed by atoms with Gasteiger partial charge in [-0.15, -0.1) is 0 Å². The van der Waals surface area contributed by atoms with Crippen molar-refractivity contribution in [3.63, 3.8) is 0 Å². The molecule has 1 aromatic carbocycles. The number of fused-ring (bicyclic) bond motifs is 1. The van der Waals surface area contributed by atoms with Crippen LogP contribution in [0.5, 0.6) is 5.75 Å². The first-order valence-electron chi connectivity index (χ1n) is 20.1. The third-order valence-electron chi connectivity index (χ3n) is 9.71. The lowest BCUT2D eigenvalue weighted by Crippen LogP contribution is -2.46. The number of anilines is 2. The first kappa shape index (κ1) is 45.2. The summed E-state index contributed by atoms with van der Waals surface area (Å²) in [5.41, 5.74) is 16.5. The molecule has 4 rings (SSSR count). The summed E-state index contributed by atoms with van der Waals surface area (Å²) in [6, 6.07) is 8.51. The van der Waals surface area contributed by atoms with Crippen molar-refractivity contribution in [3.8, 4) is 5.75 Å². The lowest BCUT2D eigenvalue weighted by atomic mass is 10.1. The summed E-state index contributed by atoms with van der Waals surface area (Å²) in [5, 5.41) is 4.90. The second-order valence-electron chi connectivity index (χ2n) is 14.2. The quantitative estimate of drug-likeness (QED) is 0.0360. The first-order chi connectivity index (χ1) is 27.7. The maximum Gasteiger partial charge on any atom is 0.223 e. The number of nitrogens with one attached hydrogen (secondary N) is 1. The van der Waals surface area contributed by atoms with E-state index in [1.165, 1.54) is 15.5 Å². The molecule has 2 aromatic heterocycles. The van der Waals surface area contributed by atoms with Gasteiger partial charge in [0.05, 0.1) is 71.9 Å². The van der Waals surface area contributed by atoms with E-state index in [2.05, 4.69) is 54.8 Å². The molecule has 3 aromatic rings. The van der Waals surface area contributed by atoms with E-state index in [1.807, 2.05) is 12.3 Å². The first-order valence-corrected chi connectivity index (χ1v) is 20.1. The van der Waals surface area contributed by atoms with Gasteiger partial charge >= 0.3 is 0 Å². The molecule has 17 heteroatoms. The molecular weight excluding hydrogens is 731 g/mol. The second-order valence-corrected chi connectivity index (χ2v) is 14.2. The number of rotatable bonds is 28. The molecule has 0 bridgehead atoms. The van der Waals surface area contributed by atoms with Crippen LogP contribution < -0.4 is 27.4 Å². The monoisotopic (exact) mass is 796 g/mol. The summed E-state index contributed by atoms with van der Waals surface area (Å²) in [4.78, 5) is 37.7. The molecule has 1 amide bonds. The van der Waals surface area contributed by atoms with Crippen molar-refractivity contribution >= 4 is 35.0 Å². The van der Waals surface area contributed by atoms with Crippen LogP contribution in [0, 0.1) is 0 Å². The number of benzene rings is 1. The maximum atomic E-state index is 11.9. The van der Waals surface area contributed by atoms with E-state index < -0.39 is 0 Å².